The van der Waals surface area contributed by atoms with Crippen molar-refractivity contribution >= 4 is 0 Å². The van der Waals surface area contributed by atoms with E-state index in [1.54, 1.807) is 11.9 Å². The maximum atomic E-state index is 3.99. The highest BCUT2D eigenvalue weighted by atomic mass is 14.9. The maximum Gasteiger partial charge on any atom is 0.115 e. The van der Waals surface area contributed by atoms with Crippen LogP contribution in [0.15, 0.2) is 30.4 Å². The predicted octanol–water partition coefficient (Wildman–Crippen LogP) is 2.46. The monoisotopic (exact) mass is 217 g/mol. The molecule has 0 spiro atoms. The van der Waals surface area contributed by atoms with Crippen LogP contribution in [0.25, 0.3) is 0 Å². The molecule has 0 atom stereocenters. The number of nitrogens with zero attached hydrogens (tertiary/aromatic N) is 2. The summed E-state index contributed by atoms with van der Waals surface area (Å²) in [6.07, 6.45) is 14.2. The summed E-state index contributed by atoms with van der Waals surface area (Å²) < 4.78 is 0. The zero-order chi connectivity index (χ0) is 11.1. The van der Waals surface area contributed by atoms with E-state index in [1.165, 1.54) is 32.1 Å². The number of aromatic nitrogens is 2. The summed E-state index contributed by atoms with van der Waals surface area (Å²) in [5.41, 5.74) is 2.78. The summed E-state index contributed by atoms with van der Waals surface area (Å²) in [4.78, 5) is 7.98. The molecule has 0 saturated heterocycles. The van der Waals surface area contributed by atoms with Gasteiger partial charge in [0.25, 0.3) is 0 Å². The number of nitrogens with one attached hydrogen (secondary N) is 1. The highest BCUT2D eigenvalue weighted by Crippen LogP contribution is 2.19. The molecule has 0 fully saturated rings. The van der Waals surface area contributed by atoms with Gasteiger partial charge in [-0.2, -0.15) is 0 Å². The van der Waals surface area contributed by atoms with Crippen LogP contribution in [0.1, 0.15) is 37.7 Å². The van der Waals surface area contributed by atoms with Crippen LogP contribution < -0.4 is 5.32 Å². The summed E-state index contributed by atoms with van der Waals surface area (Å²) in [6.45, 7) is 1.93. The third-order valence-corrected chi connectivity index (χ3v) is 2.95. The zero-order valence-corrected chi connectivity index (χ0v) is 9.65. The van der Waals surface area contributed by atoms with Crippen molar-refractivity contribution in [3.05, 3.63) is 35.9 Å². The lowest BCUT2D eigenvalue weighted by molar-refractivity contribution is 0.631. The van der Waals surface area contributed by atoms with Gasteiger partial charge in [-0.3, -0.25) is 0 Å². The summed E-state index contributed by atoms with van der Waals surface area (Å²) >= 11 is 0. The first kappa shape index (κ1) is 11.3. The van der Waals surface area contributed by atoms with Crippen LogP contribution in [0.2, 0.25) is 0 Å². The molecule has 0 aromatic carbocycles. The second-order valence-electron chi connectivity index (χ2n) is 4.28. The molecule has 1 aliphatic rings. The molecule has 2 rings (SSSR count). The third-order valence-electron chi connectivity index (χ3n) is 2.95. The minimum Gasteiger partial charge on any atom is -0.312 e. The van der Waals surface area contributed by atoms with Crippen molar-refractivity contribution in [2.75, 3.05) is 6.54 Å². The van der Waals surface area contributed by atoms with Crippen molar-refractivity contribution < 1.29 is 0 Å². The minimum atomic E-state index is 0.869. The first-order valence-corrected chi connectivity index (χ1v) is 6.07. The van der Waals surface area contributed by atoms with Crippen molar-refractivity contribution in [1.82, 2.24) is 15.3 Å². The third kappa shape index (κ3) is 3.74. The van der Waals surface area contributed by atoms with E-state index in [4.69, 9.17) is 0 Å². The van der Waals surface area contributed by atoms with Crippen LogP contribution in [0.4, 0.5) is 0 Å². The topological polar surface area (TPSA) is 37.8 Å². The molecule has 0 amide bonds. The minimum absolute atomic E-state index is 0.869. The maximum absolute atomic E-state index is 3.99. The molecule has 0 radical (unpaired) electrons. The van der Waals surface area contributed by atoms with Gasteiger partial charge in [0.15, 0.2) is 0 Å². The molecule has 0 bridgehead atoms. The van der Waals surface area contributed by atoms with Gasteiger partial charge >= 0.3 is 0 Å². The van der Waals surface area contributed by atoms with E-state index >= 15 is 0 Å². The molecule has 0 aliphatic heterocycles. The van der Waals surface area contributed by atoms with Crippen LogP contribution in [-0.4, -0.2) is 16.5 Å². The van der Waals surface area contributed by atoms with Crippen molar-refractivity contribution in [1.29, 1.82) is 0 Å². The smallest absolute Gasteiger partial charge is 0.115 e. The van der Waals surface area contributed by atoms with Crippen LogP contribution in [0.3, 0.4) is 0 Å². The Bertz CT molecular complexity index is 332. The quantitative estimate of drug-likeness (QED) is 0.608. The second kappa shape index (κ2) is 6.38. The second-order valence-corrected chi connectivity index (χ2v) is 4.28. The number of hydrogen-bond donors (Lipinski definition) is 1. The number of rotatable bonds is 5. The van der Waals surface area contributed by atoms with Gasteiger partial charge in [0.2, 0.25) is 0 Å². The first-order chi connectivity index (χ1) is 7.95. The Morgan fingerprint density at radius 2 is 2.06 bits per heavy atom. The van der Waals surface area contributed by atoms with Gasteiger partial charge in [-0.1, -0.05) is 11.6 Å². The summed E-state index contributed by atoms with van der Waals surface area (Å²) in [5.74, 6) is 0. The van der Waals surface area contributed by atoms with Gasteiger partial charge in [-0.15, -0.1) is 0 Å². The molecule has 1 N–H and O–H groups in total. The lowest BCUT2D eigenvalue weighted by Crippen LogP contribution is -2.15. The Morgan fingerprint density at radius 1 is 1.19 bits per heavy atom. The van der Waals surface area contributed by atoms with Crippen molar-refractivity contribution in [3.8, 4) is 0 Å². The SMILES string of the molecule is C1=C(CCNCc2cncnc2)CCCC1. The molecule has 1 aromatic heterocycles. The standard InChI is InChI=1S/C13H19N3/c1-2-4-12(5-3-1)6-7-14-8-13-9-15-11-16-10-13/h4,9-11,14H,1-3,5-8H2. The Hall–Kier alpha value is -1.22. The zero-order valence-electron chi connectivity index (χ0n) is 9.65. The summed E-state index contributed by atoms with van der Waals surface area (Å²) in [7, 11) is 0. The molecule has 3 heteroatoms. The molecule has 1 aromatic rings. The van der Waals surface area contributed by atoms with E-state index in [-0.39, 0.29) is 0 Å². The average Bonchev–Trinajstić information content (AvgIpc) is 2.37. The van der Waals surface area contributed by atoms with E-state index in [9.17, 15) is 0 Å². The van der Waals surface area contributed by atoms with Crippen molar-refractivity contribution in [3.63, 3.8) is 0 Å². The fourth-order valence-electron chi connectivity index (χ4n) is 2.03. The summed E-state index contributed by atoms with van der Waals surface area (Å²) in [5, 5.41) is 3.43. The van der Waals surface area contributed by atoms with Gasteiger partial charge in [-0.25, -0.2) is 9.97 Å². The van der Waals surface area contributed by atoms with Crippen LogP contribution in [-0.2, 0) is 6.54 Å². The fourth-order valence-corrected chi connectivity index (χ4v) is 2.03. The highest BCUT2D eigenvalue weighted by molar-refractivity contribution is 5.06. The molecule has 0 unspecified atom stereocenters. The molecule has 3 nitrogen and oxygen atoms in total. The molecule has 1 aliphatic carbocycles. The van der Waals surface area contributed by atoms with Gasteiger partial charge in [0.1, 0.15) is 6.33 Å². The molecular weight excluding hydrogens is 198 g/mol. The van der Waals surface area contributed by atoms with E-state index in [2.05, 4.69) is 21.4 Å². The lowest BCUT2D eigenvalue weighted by atomic mass is 9.97. The first-order valence-electron chi connectivity index (χ1n) is 6.07. The molecule has 0 saturated carbocycles. The van der Waals surface area contributed by atoms with E-state index in [0.717, 1.165) is 18.7 Å². The van der Waals surface area contributed by atoms with Crippen LogP contribution >= 0.6 is 0 Å². The Balaban J connectivity index is 1.63. The Kier molecular flexibility index (Phi) is 4.50. The van der Waals surface area contributed by atoms with Gasteiger partial charge < -0.3 is 5.32 Å². The van der Waals surface area contributed by atoms with E-state index in [1.807, 2.05) is 12.4 Å². The summed E-state index contributed by atoms with van der Waals surface area (Å²) in [6, 6.07) is 0. The average molecular weight is 217 g/mol. The van der Waals surface area contributed by atoms with Crippen molar-refractivity contribution in [2.24, 2.45) is 0 Å². The number of allylic oxidation sites excluding steroid dienone is 1. The van der Waals surface area contributed by atoms with Crippen LogP contribution in [0, 0.1) is 0 Å². The molecular formula is C13H19N3. The highest BCUT2D eigenvalue weighted by Gasteiger charge is 2.02. The van der Waals surface area contributed by atoms with E-state index in [0.29, 0.717) is 0 Å². The van der Waals surface area contributed by atoms with Gasteiger partial charge in [0.05, 0.1) is 0 Å². The number of hydrogen-bond acceptors (Lipinski definition) is 3. The molecule has 16 heavy (non-hydrogen) atoms. The lowest BCUT2D eigenvalue weighted by Gasteiger charge is -2.12. The normalized spacial score (nSPS) is 15.9. The van der Waals surface area contributed by atoms with E-state index < -0.39 is 0 Å². The Morgan fingerprint density at radius 3 is 2.81 bits per heavy atom. The van der Waals surface area contributed by atoms with Gasteiger partial charge in [0, 0.05) is 24.5 Å². The van der Waals surface area contributed by atoms with Crippen LogP contribution in [0.5, 0.6) is 0 Å². The predicted molar refractivity (Wildman–Crippen MR) is 64.9 cm³/mol. The fraction of sp³-hybridized carbons (Fsp3) is 0.538. The molecule has 1 heterocycles. The van der Waals surface area contributed by atoms with Crippen molar-refractivity contribution in [2.45, 2.75) is 38.6 Å². The molecule has 86 valence electrons. The van der Waals surface area contributed by atoms with Gasteiger partial charge in [-0.05, 0) is 38.6 Å². The largest absolute Gasteiger partial charge is 0.312 e. The Labute approximate surface area is 97.0 Å².